The molecule has 0 aromatic heterocycles. The standard InChI is InChI=1S/C22H28N2O4S/c1-5-23(6-2)29(26,27)19-11-12-21(16(3)13-19)28-15-22(25)24-17(4)14-18-9-7-8-10-20(18)24/h7-13,17H,5-6,14-15H2,1-4H3/t17-/m0/s1. The molecule has 156 valence electrons. The summed E-state index contributed by atoms with van der Waals surface area (Å²) in [4.78, 5) is 14.8. The van der Waals surface area contributed by atoms with Gasteiger partial charge in [0.25, 0.3) is 5.91 Å². The van der Waals surface area contributed by atoms with Crippen molar-refractivity contribution in [3.63, 3.8) is 0 Å². The average molecular weight is 417 g/mol. The summed E-state index contributed by atoms with van der Waals surface area (Å²) in [5, 5.41) is 0. The van der Waals surface area contributed by atoms with Crippen molar-refractivity contribution in [2.45, 2.75) is 45.1 Å². The van der Waals surface area contributed by atoms with Gasteiger partial charge in [0.05, 0.1) is 4.90 Å². The minimum Gasteiger partial charge on any atom is -0.483 e. The first kappa shape index (κ1) is 21.3. The molecule has 1 amide bonds. The van der Waals surface area contributed by atoms with Gasteiger partial charge >= 0.3 is 0 Å². The van der Waals surface area contributed by atoms with Crippen LogP contribution in [-0.2, 0) is 21.2 Å². The summed E-state index contributed by atoms with van der Waals surface area (Å²) in [6.07, 6.45) is 0.832. The van der Waals surface area contributed by atoms with Crippen LogP contribution < -0.4 is 9.64 Å². The first-order valence-electron chi connectivity index (χ1n) is 9.93. The van der Waals surface area contributed by atoms with Crippen LogP contribution in [0.3, 0.4) is 0 Å². The molecular weight excluding hydrogens is 388 g/mol. The number of sulfonamides is 1. The van der Waals surface area contributed by atoms with Crippen LogP contribution in [0.15, 0.2) is 47.4 Å². The van der Waals surface area contributed by atoms with Crippen molar-refractivity contribution in [3.8, 4) is 5.75 Å². The predicted molar refractivity (Wildman–Crippen MR) is 114 cm³/mol. The van der Waals surface area contributed by atoms with E-state index in [0.29, 0.717) is 24.4 Å². The highest BCUT2D eigenvalue weighted by Crippen LogP contribution is 2.32. The summed E-state index contributed by atoms with van der Waals surface area (Å²) >= 11 is 0. The second kappa shape index (κ2) is 8.55. The number of nitrogens with zero attached hydrogens (tertiary/aromatic N) is 2. The quantitative estimate of drug-likeness (QED) is 0.694. The number of amides is 1. The maximum Gasteiger partial charge on any atom is 0.265 e. The van der Waals surface area contributed by atoms with Crippen molar-refractivity contribution in [2.24, 2.45) is 0 Å². The Bertz CT molecular complexity index is 1000. The zero-order valence-corrected chi connectivity index (χ0v) is 18.2. The molecule has 1 aliphatic rings. The van der Waals surface area contributed by atoms with Crippen LogP contribution in [0.1, 0.15) is 31.9 Å². The zero-order chi connectivity index (χ0) is 21.2. The van der Waals surface area contributed by atoms with E-state index in [-0.39, 0.29) is 23.5 Å². The third-order valence-electron chi connectivity index (χ3n) is 5.32. The molecule has 0 radical (unpaired) electrons. The van der Waals surface area contributed by atoms with Crippen molar-refractivity contribution in [2.75, 3.05) is 24.6 Å². The SMILES string of the molecule is CCN(CC)S(=O)(=O)c1ccc(OCC(=O)N2c3ccccc3C[C@@H]2C)c(C)c1. The summed E-state index contributed by atoms with van der Waals surface area (Å²) in [5.74, 6) is 0.402. The molecule has 3 rings (SSSR count). The molecule has 1 aliphatic heterocycles. The van der Waals surface area contributed by atoms with E-state index in [0.717, 1.165) is 17.7 Å². The highest BCUT2D eigenvalue weighted by molar-refractivity contribution is 7.89. The maximum absolute atomic E-state index is 12.8. The number of rotatable bonds is 7. The highest BCUT2D eigenvalue weighted by Gasteiger charge is 2.30. The monoisotopic (exact) mass is 416 g/mol. The molecule has 0 aliphatic carbocycles. The predicted octanol–water partition coefficient (Wildman–Crippen LogP) is 3.38. The van der Waals surface area contributed by atoms with Crippen molar-refractivity contribution in [3.05, 3.63) is 53.6 Å². The van der Waals surface area contributed by atoms with Crippen LogP contribution in [-0.4, -0.2) is 44.4 Å². The molecule has 0 fully saturated rings. The topological polar surface area (TPSA) is 66.9 Å². The van der Waals surface area contributed by atoms with Gasteiger partial charge in [0, 0.05) is 24.8 Å². The summed E-state index contributed by atoms with van der Waals surface area (Å²) in [6.45, 7) is 8.18. The molecule has 0 bridgehead atoms. The molecule has 7 heteroatoms. The summed E-state index contributed by atoms with van der Waals surface area (Å²) in [6, 6.07) is 12.8. The van der Waals surface area contributed by atoms with E-state index >= 15 is 0 Å². The zero-order valence-electron chi connectivity index (χ0n) is 17.4. The second-order valence-electron chi connectivity index (χ2n) is 7.25. The van der Waals surface area contributed by atoms with Gasteiger partial charge in [-0.3, -0.25) is 4.79 Å². The second-order valence-corrected chi connectivity index (χ2v) is 9.19. The van der Waals surface area contributed by atoms with E-state index in [9.17, 15) is 13.2 Å². The van der Waals surface area contributed by atoms with E-state index in [4.69, 9.17) is 4.74 Å². The molecule has 6 nitrogen and oxygen atoms in total. The molecule has 0 spiro atoms. The van der Waals surface area contributed by atoms with Gasteiger partial charge in [-0.25, -0.2) is 8.42 Å². The number of ether oxygens (including phenoxy) is 1. The van der Waals surface area contributed by atoms with E-state index in [1.165, 1.54) is 10.4 Å². The Morgan fingerprint density at radius 3 is 2.52 bits per heavy atom. The Kier molecular flexibility index (Phi) is 6.29. The largest absolute Gasteiger partial charge is 0.483 e. The fourth-order valence-electron chi connectivity index (χ4n) is 3.81. The van der Waals surface area contributed by atoms with Crippen LogP contribution in [0, 0.1) is 6.92 Å². The number of carbonyl (C=O) groups is 1. The van der Waals surface area contributed by atoms with Gasteiger partial charge < -0.3 is 9.64 Å². The molecule has 2 aromatic rings. The van der Waals surface area contributed by atoms with Crippen LogP contribution in [0.2, 0.25) is 0 Å². The van der Waals surface area contributed by atoms with Crippen LogP contribution >= 0.6 is 0 Å². The van der Waals surface area contributed by atoms with Gasteiger partial charge in [-0.05, 0) is 55.7 Å². The van der Waals surface area contributed by atoms with Crippen LogP contribution in [0.25, 0.3) is 0 Å². The normalized spacial score (nSPS) is 16.2. The lowest BCUT2D eigenvalue weighted by molar-refractivity contribution is -0.120. The van der Waals surface area contributed by atoms with E-state index in [1.807, 2.05) is 45.0 Å². The number of hydrogen-bond acceptors (Lipinski definition) is 4. The van der Waals surface area contributed by atoms with E-state index in [2.05, 4.69) is 0 Å². The molecular formula is C22H28N2O4S. The summed E-state index contributed by atoms with van der Waals surface area (Å²) in [5.41, 5.74) is 2.78. The van der Waals surface area contributed by atoms with Crippen molar-refractivity contribution in [1.29, 1.82) is 0 Å². The Morgan fingerprint density at radius 2 is 1.86 bits per heavy atom. The minimum absolute atomic E-state index is 0.0891. The Morgan fingerprint density at radius 1 is 1.17 bits per heavy atom. The number of hydrogen-bond donors (Lipinski definition) is 0. The lowest BCUT2D eigenvalue weighted by Crippen LogP contribution is -2.39. The summed E-state index contributed by atoms with van der Waals surface area (Å²) in [7, 11) is -3.52. The lowest BCUT2D eigenvalue weighted by atomic mass is 10.1. The molecule has 0 saturated heterocycles. The number of para-hydroxylation sites is 1. The molecule has 1 heterocycles. The molecule has 2 aromatic carbocycles. The highest BCUT2D eigenvalue weighted by atomic mass is 32.2. The first-order valence-corrected chi connectivity index (χ1v) is 11.4. The summed E-state index contributed by atoms with van der Waals surface area (Å²) < 4.78 is 32.5. The first-order chi connectivity index (χ1) is 13.8. The van der Waals surface area contributed by atoms with Gasteiger partial charge in [-0.2, -0.15) is 4.31 Å². The molecule has 0 N–H and O–H groups in total. The van der Waals surface area contributed by atoms with E-state index in [1.54, 1.807) is 24.0 Å². The maximum atomic E-state index is 12.8. The smallest absolute Gasteiger partial charge is 0.265 e. The third-order valence-corrected chi connectivity index (χ3v) is 7.36. The average Bonchev–Trinajstić information content (AvgIpc) is 3.03. The molecule has 29 heavy (non-hydrogen) atoms. The van der Waals surface area contributed by atoms with Crippen molar-refractivity contribution in [1.82, 2.24) is 4.31 Å². The van der Waals surface area contributed by atoms with Crippen LogP contribution in [0.4, 0.5) is 5.69 Å². The molecule has 1 atom stereocenters. The number of carbonyl (C=O) groups excluding carboxylic acids is 1. The number of fused-ring (bicyclic) bond motifs is 1. The fourth-order valence-corrected chi connectivity index (χ4v) is 5.36. The number of anilines is 1. The van der Waals surface area contributed by atoms with Gasteiger partial charge in [0.2, 0.25) is 10.0 Å². The molecule has 0 unspecified atom stereocenters. The van der Waals surface area contributed by atoms with Crippen molar-refractivity contribution >= 4 is 21.6 Å². The van der Waals surface area contributed by atoms with E-state index < -0.39 is 10.0 Å². The van der Waals surface area contributed by atoms with Gasteiger partial charge in [0.1, 0.15) is 5.75 Å². The van der Waals surface area contributed by atoms with Gasteiger partial charge in [0.15, 0.2) is 6.61 Å². The Labute approximate surface area is 173 Å². The Hall–Kier alpha value is -2.38. The van der Waals surface area contributed by atoms with Crippen LogP contribution in [0.5, 0.6) is 5.75 Å². The third kappa shape index (κ3) is 4.16. The Balaban J connectivity index is 1.73. The fraction of sp³-hybridized carbons (Fsp3) is 0.409. The number of benzene rings is 2. The van der Waals surface area contributed by atoms with Crippen molar-refractivity contribution < 1.29 is 17.9 Å². The van der Waals surface area contributed by atoms with Gasteiger partial charge in [-0.1, -0.05) is 32.0 Å². The lowest BCUT2D eigenvalue weighted by Gasteiger charge is -2.23. The molecule has 0 saturated carbocycles. The van der Waals surface area contributed by atoms with Gasteiger partial charge in [-0.15, -0.1) is 0 Å². The number of aryl methyl sites for hydroxylation is 1. The minimum atomic E-state index is -3.52.